The van der Waals surface area contributed by atoms with Crippen LogP contribution in [0.2, 0.25) is 0 Å². The number of allylic oxidation sites excluding steroid dienone is 13. The second kappa shape index (κ2) is 41.7. The summed E-state index contributed by atoms with van der Waals surface area (Å²) in [6.45, 7) is 4.06. The summed E-state index contributed by atoms with van der Waals surface area (Å²) in [5.41, 5.74) is 5.35. The molecule has 0 saturated carbocycles. The van der Waals surface area contributed by atoms with E-state index >= 15 is 0 Å². The largest absolute Gasteiger partial charge is 0.498 e. The minimum atomic E-state index is -4.32. The zero-order chi connectivity index (χ0) is 39.5. The fourth-order valence-electron chi connectivity index (χ4n) is 5.28. The molecule has 0 rings (SSSR count). The van der Waals surface area contributed by atoms with Crippen molar-refractivity contribution >= 4 is 13.8 Å². The van der Waals surface area contributed by atoms with Gasteiger partial charge >= 0.3 is 13.8 Å². The van der Waals surface area contributed by atoms with Crippen LogP contribution in [0.5, 0.6) is 0 Å². The molecule has 0 spiro atoms. The van der Waals surface area contributed by atoms with E-state index in [0.29, 0.717) is 6.42 Å². The highest BCUT2D eigenvalue weighted by molar-refractivity contribution is 7.47. The summed E-state index contributed by atoms with van der Waals surface area (Å²) in [5.74, 6) is -0.445. The number of esters is 1. The van der Waals surface area contributed by atoms with Crippen LogP contribution in [0.25, 0.3) is 0 Å². The Morgan fingerprint density at radius 1 is 0.574 bits per heavy atom. The summed E-state index contributed by atoms with van der Waals surface area (Å²) < 4.78 is 33.0. The summed E-state index contributed by atoms with van der Waals surface area (Å²) >= 11 is 0. The van der Waals surface area contributed by atoms with Gasteiger partial charge in [0.1, 0.15) is 6.61 Å². The number of hydrogen-bond acceptors (Lipinski definition) is 7. The van der Waals surface area contributed by atoms with Gasteiger partial charge in [0.15, 0.2) is 6.10 Å². The molecule has 54 heavy (non-hydrogen) atoms. The van der Waals surface area contributed by atoms with E-state index in [4.69, 9.17) is 24.3 Å². The molecule has 0 aromatic heterocycles. The minimum absolute atomic E-state index is 0.0243. The van der Waals surface area contributed by atoms with Gasteiger partial charge in [0.2, 0.25) is 0 Å². The zero-order valence-electron chi connectivity index (χ0n) is 34.2. The number of nitrogens with two attached hydrogens (primary N) is 1. The Morgan fingerprint density at radius 2 is 1.00 bits per heavy atom. The van der Waals surface area contributed by atoms with Crippen LogP contribution >= 0.6 is 7.82 Å². The summed E-state index contributed by atoms with van der Waals surface area (Å²) in [7, 11) is -4.32. The minimum Gasteiger partial charge on any atom is -0.498 e. The van der Waals surface area contributed by atoms with Gasteiger partial charge in [0.25, 0.3) is 0 Å². The van der Waals surface area contributed by atoms with Gasteiger partial charge in [0.05, 0.1) is 19.5 Å². The number of ether oxygens (including phenoxy) is 2. The molecule has 0 radical (unpaired) electrons. The molecule has 9 heteroatoms. The van der Waals surface area contributed by atoms with Crippen molar-refractivity contribution in [2.45, 2.75) is 168 Å². The normalized spacial score (nSPS) is 14.3. The van der Waals surface area contributed by atoms with Crippen molar-refractivity contribution in [1.82, 2.24) is 0 Å². The third-order valence-electron chi connectivity index (χ3n) is 8.39. The Hall–Kier alpha value is -2.48. The summed E-state index contributed by atoms with van der Waals surface area (Å²) in [5, 5.41) is 0. The molecule has 3 N–H and O–H groups in total. The smallest absolute Gasteiger partial charge is 0.472 e. The molecule has 0 aliphatic rings. The molecule has 2 atom stereocenters. The van der Waals surface area contributed by atoms with Gasteiger partial charge in [-0.15, -0.1) is 0 Å². The maximum Gasteiger partial charge on any atom is 0.472 e. The first-order chi connectivity index (χ1) is 26.4. The second-order valence-corrected chi connectivity index (χ2v) is 15.0. The predicted molar refractivity (Wildman–Crippen MR) is 228 cm³/mol. The number of rotatable bonds is 39. The molecule has 0 bridgehead atoms. The molecular weight excluding hydrogens is 697 g/mol. The zero-order valence-corrected chi connectivity index (χ0v) is 35.1. The van der Waals surface area contributed by atoms with E-state index in [-0.39, 0.29) is 32.8 Å². The lowest BCUT2D eigenvalue weighted by Crippen LogP contribution is -2.27. The summed E-state index contributed by atoms with van der Waals surface area (Å²) in [4.78, 5) is 22.4. The molecule has 8 nitrogen and oxygen atoms in total. The highest BCUT2D eigenvalue weighted by Gasteiger charge is 2.25. The van der Waals surface area contributed by atoms with Crippen LogP contribution in [0.1, 0.15) is 162 Å². The van der Waals surface area contributed by atoms with Crippen LogP contribution < -0.4 is 5.73 Å². The standard InChI is InChI=1S/C45H78NO7P/c1-3-5-7-9-11-13-15-17-19-21-22-23-24-26-28-30-32-34-36-38-45(47)53-44(43-52-54(48,49)51-41-39-46)42-50-40-37-35-33-31-29-27-25-20-18-16-14-12-10-8-6-4-2/h11,13,17,19,22-23,26,28,31-34,37,40,44H,3-10,12,14-16,18,20-21,24-25,27,29-30,35-36,38-39,41-43,46H2,1-2H3,(H,48,49)/b13-11-,19-17-,23-22-,28-26-,33-31-,34-32-,40-37+. The maximum atomic E-state index is 12.5. The molecule has 0 aliphatic heterocycles. The van der Waals surface area contributed by atoms with E-state index in [0.717, 1.165) is 38.5 Å². The van der Waals surface area contributed by atoms with E-state index < -0.39 is 19.9 Å². The van der Waals surface area contributed by atoms with Gasteiger partial charge in [-0.05, 0) is 70.3 Å². The highest BCUT2D eigenvalue weighted by Crippen LogP contribution is 2.43. The number of phosphoric ester groups is 1. The SMILES string of the molecule is CCCCC/C=C\C/C=C\C/C=C\C/C=C\C/C=C\CCC(=O)OC(CO/C=C/C/C=C\CCCCCCCCCCCCC)COP(=O)(O)OCCN. The monoisotopic (exact) mass is 776 g/mol. The lowest BCUT2D eigenvalue weighted by molar-refractivity contribution is -0.153. The number of carbonyl (C=O) groups excluding carboxylic acids is 1. The Bertz CT molecular complexity index is 1100. The van der Waals surface area contributed by atoms with Crippen molar-refractivity contribution in [2.24, 2.45) is 5.73 Å². The van der Waals surface area contributed by atoms with Crippen molar-refractivity contribution in [1.29, 1.82) is 0 Å². The summed E-state index contributed by atoms with van der Waals surface area (Å²) in [6.07, 6.45) is 54.3. The average molecular weight is 776 g/mol. The Morgan fingerprint density at radius 3 is 1.52 bits per heavy atom. The third kappa shape index (κ3) is 40.7. The number of hydrogen-bond donors (Lipinski definition) is 2. The Kier molecular flexibility index (Phi) is 39.8. The molecule has 2 unspecified atom stereocenters. The predicted octanol–water partition coefficient (Wildman–Crippen LogP) is 12.9. The van der Waals surface area contributed by atoms with Gasteiger partial charge in [-0.25, -0.2) is 4.57 Å². The average Bonchev–Trinajstić information content (AvgIpc) is 3.16. The second-order valence-electron chi connectivity index (χ2n) is 13.6. The first-order valence-electron chi connectivity index (χ1n) is 21.1. The van der Waals surface area contributed by atoms with Crippen molar-refractivity contribution in [3.8, 4) is 0 Å². The quantitative estimate of drug-likeness (QED) is 0.0208. The fourth-order valence-corrected chi connectivity index (χ4v) is 6.05. The molecule has 0 saturated heterocycles. The van der Waals surface area contributed by atoms with Gasteiger partial charge in [-0.1, -0.05) is 164 Å². The first-order valence-corrected chi connectivity index (χ1v) is 22.6. The van der Waals surface area contributed by atoms with E-state index in [1.54, 1.807) is 6.26 Å². The van der Waals surface area contributed by atoms with Crippen molar-refractivity contribution in [3.05, 3.63) is 85.3 Å². The fraction of sp³-hybridized carbons (Fsp3) is 0.667. The number of unbranched alkanes of at least 4 members (excludes halogenated alkanes) is 14. The molecule has 0 fully saturated rings. The van der Waals surface area contributed by atoms with Crippen LogP contribution in [-0.2, 0) is 27.9 Å². The van der Waals surface area contributed by atoms with Gasteiger partial charge < -0.3 is 20.1 Å². The van der Waals surface area contributed by atoms with Crippen molar-refractivity contribution in [2.75, 3.05) is 26.4 Å². The molecule has 310 valence electrons. The molecule has 0 amide bonds. The van der Waals surface area contributed by atoms with Gasteiger partial charge in [0, 0.05) is 13.0 Å². The van der Waals surface area contributed by atoms with E-state index in [9.17, 15) is 14.3 Å². The molecule has 0 aliphatic carbocycles. The first kappa shape index (κ1) is 51.5. The number of phosphoric acid groups is 1. The molecule has 0 aromatic carbocycles. The van der Waals surface area contributed by atoms with Gasteiger partial charge in [-0.3, -0.25) is 13.8 Å². The third-order valence-corrected chi connectivity index (χ3v) is 9.38. The maximum absolute atomic E-state index is 12.5. The van der Waals surface area contributed by atoms with Gasteiger partial charge in [-0.2, -0.15) is 0 Å². The molecule has 0 heterocycles. The van der Waals surface area contributed by atoms with Crippen LogP contribution in [0.4, 0.5) is 0 Å². The van der Waals surface area contributed by atoms with Crippen molar-refractivity contribution < 1.29 is 32.8 Å². The van der Waals surface area contributed by atoms with E-state index in [1.807, 2.05) is 18.2 Å². The van der Waals surface area contributed by atoms with Crippen LogP contribution in [0.3, 0.4) is 0 Å². The van der Waals surface area contributed by atoms with Crippen LogP contribution in [0, 0.1) is 0 Å². The molecular formula is C45H78NO7P. The Labute approximate surface area is 330 Å². The molecule has 0 aromatic rings. The summed E-state index contributed by atoms with van der Waals surface area (Å²) in [6, 6.07) is 0. The van der Waals surface area contributed by atoms with E-state index in [2.05, 4.69) is 74.6 Å². The lowest BCUT2D eigenvalue weighted by atomic mass is 10.1. The van der Waals surface area contributed by atoms with E-state index in [1.165, 1.54) is 96.3 Å². The lowest BCUT2D eigenvalue weighted by Gasteiger charge is -2.19. The van der Waals surface area contributed by atoms with Crippen LogP contribution in [-0.4, -0.2) is 43.3 Å². The number of carbonyl (C=O) groups is 1. The topological polar surface area (TPSA) is 117 Å². The Balaban J connectivity index is 4.30. The highest BCUT2D eigenvalue weighted by atomic mass is 31.2. The van der Waals surface area contributed by atoms with Crippen LogP contribution in [0.15, 0.2) is 85.3 Å². The van der Waals surface area contributed by atoms with Crippen molar-refractivity contribution in [3.63, 3.8) is 0 Å².